The van der Waals surface area contributed by atoms with Crippen LogP contribution in [0.5, 0.6) is 0 Å². The summed E-state index contributed by atoms with van der Waals surface area (Å²) in [5.41, 5.74) is 0. The third kappa shape index (κ3) is 5.87. The van der Waals surface area contributed by atoms with Crippen molar-refractivity contribution < 1.29 is 4.74 Å². The molecule has 1 N–H and O–H groups in total. The maximum atomic E-state index is 5.68. The Balaban J connectivity index is 2.12. The number of nitrogens with one attached hydrogen (secondary N) is 1. The highest BCUT2D eigenvalue weighted by Gasteiger charge is 2.18. The molecule has 0 aromatic heterocycles. The van der Waals surface area contributed by atoms with Crippen LogP contribution < -0.4 is 5.32 Å². The molecule has 2 heteroatoms. The summed E-state index contributed by atoms with van der Waals surface area (Å²) in [4.78, 5) is 0. The van der Waals surface area contributed by atoms with Crippen molar-refractivity contribution >= 4 is 0 Å². The standard InChI is InChI=1S/C15H31NO/c1-4-11-16-13(3)14(5-2)8-6-9-15-10-7-12-17-15/h13-16H,4-12H2,1-3H3. The van der Waals surface area contributed by atoms with Gasteiger partial charge in [-0.3, -0.25) is 0 Å². The molecule has 1 aliphatic rings. The van der Waals surface area contributed by atoms with Crippen molar-refractivity contribution in [1.29, 1.82) is 0 Å². The summed E-state index contributed by atoms with van der Waals surface area (Å²) in [5, 5.41) is 3.63. The van der Waals surface area contributed by atoms with E-state index in [1.165, 1.54) is 44.9 Å². The summed E-state index contributed by atoms with van der Waals surface area (Å²) >= 11 is 0. The Bertz CT molecular complexity index is 178. The van der Waals surface area contributed by atoms with E-state index in [0.29, 0.717) is 12.1 Å². The van der Waals surface area contributed by atoms with Gasteiger partial charge in [-0.1, -0.05) is 26.7 Å². The molecular formula is C15H31NO. The van der Waals surface area contributed by atoms with Crippen molar-refractivity contribution in [2.45, 2.75) is 77.9 Å². The summed E-state index contributed by atoms with van der Waals surface area (Å²) in [6.45, 7) is 9.05. The van der Waals surface area contributed by atoms with Gasteiger partial charge in [0.25, 0.3) is 0 Å². The Kier molecular flexibility index (Phi) is 7.87. The highest BCUT2D eigenvalue weighted by atomic mass is 16.5. The van der Waals surface area contributed by atoms with Gasteiger partial charge in [0, 0.05) is 12.6 Å². The van der Waals surface area contributed by atoms with Crippen LogP contribution in [0.2, 0.25) is 0 Å². The van der Waals surface area contributed by atoms with Gasteiger partial charge in [0.05, 0.1) is 6.10 Å². The Hall–Kier alpha value is -0.0800. The molecule has 0 radical (unpaired) electrons. The number of ether oxygens (including phenoxy) is 1. The van der Waals surface area contributed by atoms with Crippen LogP contribution in [-0.2, 0) is 4.74 Å². The summed E-state index contributed by atoms with van der Waals surface area (Å²) in [6.07, 6.45) is 9.63. The Morgan fingerprint density at radius 2 is 2.18 bits per heavy atom. The fraction of sp³-hybridized carbons (Fsp3) is 1.00. The van der Waals surface area contributed by atoms with Gasteiger partial charge in [0.15, 0.2) is 0 Å². The predicted octanol–water partition coefficient (Wildman–Crippen LogP) is 3.75. The molecule has 0 bridgehead atoms. The lowest BCUT2D eigenvalue weighted by atomic mass is 9.91. The molecule has 1 rings (SSSR count). The average molecular weight is 241 g/mol. The van der Waals surface area contributed by atoms with Gasteiger partial charge in [0.2, 0.25) is 0 Å². The van der Waals surface area contributed by atoms with E-state index in [4.69, 9.17) is 4.74 Å². The lowest BCUT2D eigenvalue weighted by Gasteiger charge is -2.24. The maximum absolute atomic E-state index is 5.68. The molecule has 0 amide bonds. The summed E-state index contributed by atoms with van der Waals surface area (Å²) in [7, 11) is 0. The number of rotatable bonds is 9. The monoisotopic (exact) mass is 241 g/mol. The highest BCUT2D eigenvalue weighted by molar-refractivity contribution is 4.73. The van der Waals surface area contributed by atoms with Crippen molar-refractivity contribution in [2.24, 2.45) is 5.92 Å². The molecule has 1 heterocycles. The molecule has 2 nitrogen and oxygen atoms in total. The van der Waals surface area contributed by atoms with Crippen LogP contribution >= 0.6 is 0 Å². The Labute approximate surface area is 108 Å². The zero-order chi connectivity index (χ0) is 12.5. The lowest BCUT2D eigenvalue weighted by molar-refractivity contribution is 0.1000. The molecule has 1 saturated heterocycles. The van der Waals surface area contributed by atoms with Crippen LogP contribution in [0.25, 0.3) is 0 Å². The quantitative estimate of drug-likeness (QED) is 0.664. The summed E-state index contributed by atoms with van der Waals surface area (Å²) in [6, 6.07) is 0.671. The second-order valence-corrected chi connectivity index (χ2v) is 5.48. The van der Waals surface area contributed by atoms with Crippen LogP contribution in [0.3, 0.4) is 0 Å². The van der Waals surface area contributed by atoms with Gasteiger partial charge in [0.1, 0.15) is 0 Å². The topological polar surface area (TPSA) is 21.3 Å². The van der Waals surface area contributed by atoms with E-state index in [9.17, 15) is 0 Å². The lowest BCUT2D eigenvalue weighted by Crippen LogP contribution is -2.33. The van der Waals surface area contributed by atoms with Gasteiger partial charge >= 0.3 is 0 Å². The zero-order valence-corrected chi connectivity index (χ0v) is 12.0. The van der Waals surface area contributed by atoms with Gasteiger partial charge in [-0.2, -0.15) is 0 Å². The molecule has 0 spiro atoms. The van der Waals surface area contributed by atoms with Crippen molar-refractivity contribution in [3.63, 3.8) is 0 Å². The molecule has 0 aliphatic carbocycles. The second-order valence-electron chi connectivity index (χ2n) is 5.48. The van der Waals surface area contributed by atoms with Crippen LogP contribution in [0.1, 0.15) is 65.7 Å². The minimum Gasteiger partial charge on any atom is -0.378 e. The first kappa shape index (κ1) is 15.0. The van der Waals surface area contributed by atoms with E-state index in [2.05, 4.69) is 26.1 Å². The molecule has 102 valence electrons. The van der Waals surface area contributed by atoms with Crippen molar-refractivity contribution in [3.05, 3.63) is 0 Å². The smallest absolute Gasteiger partial charge is 0.0576 e. The van der Waals surface area contributed by atoms with E-state index >= 15 is 0 Å². The largest absolute Gasteiger partial charge is 0.378 e. The molecule has 3 unspecified atom stereocenters. The van der Waals surface area contributed by atoms with Gasteiger partial charge in [-0.05, 0) is 51.5 Å². The molecular weight excluding hydrogens is 210 g/mol. The normalized spacial score (nSPS) is 23.8. The Morgan fingerprint density at radius 3 is 2.76 bits per heavy atom. The first-order valence-corrected chi connectivity index (χ1v) is 7.62. The van der Waals surface area contributed by atoms with E-state index in [1.807, 2.05) is 0 Å². The van der Waals surface area contributed by atoms with Crippen LogP contribution in [0.4, 0.5) is 0 Å². The van der Waals surface area contributed by atoms with E-state index < -0.39 is 0 Å². The van der Waals surface area contributed by atoms with Gasteiger partial charge in [-0.15, -0.1) is 0 Å². The molecule has 0 saturated carbocycles. The predicted molar refractivity (Wildman–Crippen MR) is 74.4 cm³/mol. The molecule has 0 aromatic carbocycles. The van der Waals surface area contributed by atoms with E-state index in [-0.39, 0.29) is 0 Å². The van der Waals surface area contributed by atoms with Gasteiger partial charge in [-0.25, -0.2) is 0 Å². The average Bonchev–Trinajstić information content (AvgIpc) is 2.84. The first-order valence-electron chi connectivity index (χ1n) is 7.62. The van der Waals surface area contributed by atoms with E-state index in [1.54, 1.807) is 0 Å². The van der Waals surface area contributed by atoms with Crippen LogP contribution in [0.15, 0.2) is 0 Å². The fourth-order valence-corrected chi connectivity index (χ4v) is 2.83. The molecule has 1 aliphatic heterocycles. The Morgan fingerprint density at radius 1 is 1.35 bits per heavy atom. The molecule has 17 heavy (non-hydrogen) atoms. The first-order chi connectivity index (χ1) is 8.27. The molecule has 0 aromatic rings. The van der Waals surface area contributed by atoms with Gasteiger partial charge < -0.3 is 10.1 Å². The van der Waals surface area contributed by atoms with Crippen molar-refractivity contribution in [2.75, 3.05) is 13.2 Å². The number of hydrogen-bond acceptors (Lipinski definition) is 2. The third-order valence-electron chi connectivity index (χ3n) is 4.07. The zero-order valence-electron chi connectivity index (χ0n) is 12.0. The fourth-order valence-electron chi connectivity index (χ4n) is 2.83. The summed E-state index contributed by atoms with van der Waals surface area (Å²) in [5.74, 6) is 0.836. The second kappa shape index (κ2) is 8.93. The third-order valence-corrected chi connectivity index (χ3v) is 4.07. The highest BCUT2D eigenvalue weighted by Crippen LogP contribution is 2.22. The van der Waals surface area contributed by atoms with Crippen LogP contribution in [-0.4, -0.2) is 25.3 Å². The SMILES string of the molecule is CCCNC(C)C(CC)CCCC1CCCO1. The van der Waals surface area contributed by atoms with Crippen LogP contribution in [0, 0.1) is 5.92 Å². The molecule has 1 fully saturated rings. The minimum absolute atomic E-state index is 0.575. The summed E-state index contributed by atoms with van der Waals surface area (Å²) < 4.78 is 5.68. The van der Waals surface area contributed by atoms with E-state index in [0.717, 1.165) is 19.1 Å². The van der Waals surface area contributed by atoms with Crippen molar-refractivity contribution in [3.8, 4) is 0 Å². The van der Waals surface area contributed by atoms with Crippen molar-refractivity contribution in [1.82, 2.24) is 5.32 Å². The maximum Gasteiger partial charge on any atom is 0.0576 e. The number of hydrogen-bond donors (Lipinski definition) is 1. The molecule has 3 atom stereocenters. The minimum atomic E-state index is 0.575.